The highest BCUT2D eigenvalue weighted by Gasteiger charge is 2.14. The maximum absolute atomic E-state index is 12.9. The average molecular weight is 269 g/mol. The van der Waals surface area contributed by atoms with Crippen LogP contribution in [0.1, 0.15) is 21.9 Å². The summed E-state index contributed by atoms with van der Waals surface area (Å²) in [6.45, 7) is 0. The van der Waals surface area contributed by atoms with Gasteiger partial charge in [-0.2, -0.15) is 0 Å². The summed E-state index contributed by atoms with van der Waals surface area (Å²) in [5.41, 5.74) is 7.19. The van der Waals surface area contributed by atoms with Gasteiger partial charge in [-0.25, -0.2) is 9.37 Å². The first-order valence-electron chi connectivity index (χ1n) is 6.15. The van der Waals surface area contributed by atoms with Crippen molar-refractivity contribution < 1.29 is 9.18 Å². The molecule has 3 aromatic rings. The summed E-state index contributed by atoms with van der Waals surface area (Å²) in [7, 11) is 0. The molecule has 0 aliphatic carbocycles. The number of benzene rings is 1. The molecule has 2 N–H and O–H groups in total. The van der Waals surface area contributed by atoms with E-state index >= 15 is 0 Å². The molecule has 0 saturated carbocycles. The number of nitrogens with two attached hydrogens (primary N) is 1. The molecule has 0 unspecified atom stereocenters. The third-order valence-electron chi connectivity index (χ3n) is 3.13. The number of carbonyl (C=O) groups is 1. The molecule has 2 aromatic heterocycles. The van der Waals surface area contributed by atoms with Crippen molar-refractivity contribution in [2.45, 2.75) is 6.42 Å². The monoisotopic (exact) mass is 269 g/mol. The number of halogens is 1. The van der Waals surface area contributed by atoms with Crippen LogP contribution in [0.3, 0.4) is 0 Å². The molecule has 20 heavy (non-hydrogen) atoms. The maximum atomic E-state index is 12.9. The number of aromatic nitrogens is 2. The van der Waals surface area contributed by atoms with Gasteiger partial charge in [0.15, 0.2) is 5.69 Å². The average Bonchev–Trinajstić information content (AvgIpc) is 2.81. The van der Waals surface area contributed by atoms with Gasteiger partial charge in [0.2, 0.25) is 0 Å². The Morgan fingerprint density at radius 3 is 2.65 bits per heavy atom. The van der Waals surface area contributed by atoms with Crippen molar-refractivity contribution in [3.63, 3.8) is 0 Å². The Labute approximate surface area is 114 Å². The van der Waals surface area contributed by atoms with E-state index in [9.17, 15) is 9.18 Å². The van der Waals surface area contributed by atoms with E-state index < -0.39 is 5.91 Å². The highest BCUT2D eigenvalue weighted by atomic mass is 19.1. The van der Waals surface area contributed by atoms with Gasteiger partial charge in [0.25, 0.3) is 5.91 Å². The smallest absolute Gasteiger partial charge is 0.269 e. The van der Waals surface area contributed by atoms with Crippen LogP contribution in [0, 0.1) is 5.82 Å². The van der Waals surface area contributed by atoms with E-state index in [1.807, 2.05) is 22.7 Å². The minimum atomic E-state index is -0.556. The first-order valence-corrected chi connectivity index (χ1v) is 6.15. The normalized spacial score (nSPS) is 10.8. The molecule has 4 nitrogen and oxygen atoms in total. The number of nitrogens with zero attached hydrogens (tertiary/aromatic N) is 2. The van der Waals surface area contributed by atoms with Crippen LogP contribution in [0.4, 0.5) is 4.39 Å². The fourth-order valence-electron chi connectivity index (χ4n) is 2.19. The van der Waals surface area contributed by atoms with Crippen molar-refractivity contribution in [3.8, 4) is 0 Å². The van der Waals surface area contributed by atoms with E-state index in [0.29, 0.717) is 17.8 Å². The number of imidazole rings is 1. The predicted octanol–water partition coefficient (Wildman–Crippen LogP) is 2.16. The molecule has 0 aliphatic rings. The molecule has 0 radical (unpaired) electrons. The van der Waals surface area contributed by atoms with Crippen LogP contribution in [0.5, 0.6) is 0 Å². The van der Waals surface area contributed by atoms with E-state index in [0.717, 1.165) is 5.56 Å². The fourth-order valence-corrected chi connectivity index (χ4v) is 2.19. The summed E-state index contributed by atoms with van der Waals surface area (Å²) in [5, 5.41) is 0. The third-order valence-corrected chi connectivity index (χ3v) is 3.13. The van der Waals surface area contributed by atoms with Gasteiger partial charge in [-0.1, -0.05) is 18.2 Å². The standard InChI is InChI=1S/C15H12FN3O/c16-11-6-4-10(5-7-11)9-13-18-14(15(17)20)12-3-1-2-8-19(12)13/h1-8H,9H2,(H2,17,20). The number of pyridine rings is 1. The minimum Gasteiger partial charge on any atom is -0.364 e. The lowest BCUT2D eigenvalue weighted by Crippen LogP contribution is -2.11. The minimum absolute atomic E-state index is 0.253. The van der Waals surface area contributed by atoms with Crippen LogP contribution < -0.4 is 5.73 Å². The zero-order valence-corrected chi connectivity index (χ0v) is 10.6. The Morgan fingerprint density at radius 1 is 1.20 bits per heavy atom. The molecule has 0 aliphatic heterocycles. The molecule has 100 valence electrons. The number of hydrogen-bond acceptors (Lipinski definition) is 2. The van der Waals surface area contributed by atoms with Gasteiger partial charge in [-0.15, -0.1) is 0 Å². The van der Waals surface area contributed by atoms with Crippen LogP contribution in [0.2, 0.25) is 0 Å². The quantitative estimate of drug-likeness (QED) is 0.792. The van der Waals surface area contributed by atoms with Crippen LogP contribution >= 0.6 is 0 Å². The van der Waals surface area contributed by atoms with Gasteiger partial charge in [-0.3, -0.25) is 4.79 Å². The van der Waals surface area contributed by atoms with E-state index in [1.54, 1.807) is 18.2 Å². The molecule has 1 aromatic carbocycles. The summed E-state index contributed by atoms with van der Waals surface area (Å²) < 4.78 is 14.7. The summed E-state index contributed by atoms with van der Waals surface area (Å²) in [6.07, 6.45) is 2.33. The second-order valence-electron chi connectivity index (χ2n) is 4.50. The second-order valence-corrected chi connectivity index (χ2v) is 4.50. The van der Waals surface area contributed by atoms with E-state index in [2.05, 4.69) is 4.98 Å². The summed E-state index contributed by atoms with van der Waals surface area (Å²) in [4.78, 5) is 15.7. The molecular weight excluding hydrogens is 257 g/mol. The van der Waals surface area contributed by atoms with E-state index in [1.165, 1.54) is 12.1 Å². The van der Waals surface area contributed by atoms with Crippen LogP contribution in [-0.4, -0.2) is 15.3 Å². The molecule has 0 saturated heterocycles. The van der Waals surface area contributed by atoms with Gasteiger partial charge in [0.1, 0.15) is 11.6 Å². The number of amides is 1. The van der Waals surface area contributed by atoms with Gasteiger partial charge in [0, 0.05) is 12.6 Å². The maximum Gasteiger partial charge on any atom is 0.269 e. The topological polar surface area (TPSA) is 60.4 Å². The highest BCUT2D eigenvalue weighted by molar-refractivity contribution is 5.97. The lowest BCUT2D eigenvalue weighted by Gasteiger charge is -2.01. The molecule has 0 bridgehead atoms. The molecule has 0 spiro atoms. The number of rotatable bonds is 3. The Hall–Kier alpha value is -2.69. The second kappa shape index (κ2) is 4.77. The van der Waals surface area contributed by atoms with Crippen molar-refractivity contribution in [3.05, 3.63) is 71.6 Å². The molecule has 1 amide bonds. The fraction of sp³-hybridized carbons (Fsp3) is 0.0667. The zero-order valence-electron chi connectivity index (χ0n) is 10.6. The Balaban J connectivity index is 2.07. The first-order chi connectivity index (χ1) is 9.65. The van der Waals surface area contributed by atoms with E-state index in [-0.39, 0.29) is 11.5 Å². The molecule has 2 heterocycles. The summed E-state index contributed by atoms with van der Waals surface area (Å²) in [6, 6.07) is 11.7. The summed E-state index contributed by atoms with van der Waals surface area (Å²) >= 11 is 0. The Morgan fingerprint density at radius 2 is 1.95 bits per heavy atom. The van der Waals surface area contributed by atoms with Crippen LogP contribution in [-0.2, 0) is 6.42 Å². The molecule has 5 heteroatoms. The number of carbonyl (C=O) groups excluding carboxylic acids is 1. The van der Waals surface area contributed by atoms with Gasteiger partial charge >= 0.3 is 0 Å². The predicted molar refractivity (Wildman–Crippen MR) is 72.9 cm³/mol. The highest BCUT2D eigenvalue weighted by Crippen LogP contribution is 2.16. The lowest BCUT2D eigenvalue weighted by molar-refractivity contribution is 0.0997. The van der Waals surface area contributed by atoms with Crippen molar-refractivity contribution in [2.75, 3.05) is 0 Å². The van der Waals surface area contributed by atoms with E-state index in [4.69, 9.17) is 5.73 Å². The SMILES string of the molecule is NC(=O)c1nc(Cc2ccc(F)cc2)n2ccccc12. The third kappa shape index (κ3) is 2.14. The number of primary amides is 1. The van der Waals surface area contributed by atoms with Crippen molar-refractivity contribution >= 4 is 11.4 Å². The van der Waals surface area contributed by atoms with Crippen molar-refractivity contribution in [1.29, 1.82) is 0 Å². The molecule has 3 rings (SSSR count). The van der Waals surface area contributed by atoms with Gasteiger partial charge in [0.05, 0.1) is 5.52 Å². The first kappa shape index (κ1) is 12.3. The summed E-state index contributed by atoms with van der Waals surface area (Å²) in [5.74, 6) is -0.139. The van der Waals surface area contributed by atoms with Crippen molar-refractivity contribution in [2.24, 2.45) is 5.73 Å². The Bertz CT molecular complexity index is 777. The lowest BCUT2D eigenvalue weighted by atomic mass is 10.1. The molecular formula is C15H12FN3O. The number of hydrogen-bond donors (Lipinski definition) is 1. The van der Waals surface area contributed by atoms with Crippen molar-refractivity contribution in [1.82, 2.24) is 9.38 Å². The zero-order chi connectivity index (χ0) is 14.1. The van der Waals surface area contributed by atoms with Crippen LogP contribution in [0.25, 0.3) is 5.52 Å². The Kier molecular flexibility index (Phi) is 2.95. The van der Waals surface area contributed by atoms with Gasteiger partial charge < -0.3 is 10.1 Å². The molecule has 0 atom stereocenters. The largest absolute Gasteiger partial charge is 0.364 e. The number of fused-ring (bicyclic) bond motifs is 1. The molecule has 0 fully saturated rings. The van der Waals surface area contributed by atoms with Crippen LogP contribution in [0.15, 0.2) is 48.7 Å². The van der Waals surface area contributed by atoms with Gasteiger partial charge in [-0.05, 0) is 29.8 Å².